The zero-order valence-electron chi connectivity index (χ0n) is 10.4. The van der Waals surface area contributed by atoms with Gasteiger partial charge in [0.25, 0.3) is 0 Å². The molecule has 0 aliphatic rings. The zero-order valence-corrected chi connectivity index (χ0v) is 10.4. The first kappa shape index (κ1) is 11.8. The summed E-state index contributed by atoms with van der Waals surface area (Å²) in [7, 11) is 0. The predicted octanol–water partition coefficient (Wildman–Crippen LogP) is 3.74. The molecule has 0 aliphatic carbocycles. The minimum Gasteiger partial charge on any atom is -0.342 e. The maximum Gasteiger partial charge on any atom is 0.153 e. The topological polar surface area (TPSA) is 28.7 Å². The van der Waals surface area contributed by atoms with Crippen LogP contribution in [0.3, 0.4) is 0 Å². The Kier molecular flexibility index (Phi) is 2.78. The second-order valence-corrected chi connectivity index (χ2v) is 4.63. The Balaban J connectivity index is 1.97. The lowest BCUT2D eigenvalue weighted by atomic mass is 10.1. The number of halogens is 2. The summed E-state index contributed by atoms with van der Waals surface area (Å²) in [6.07, 6.45) is 0.565. The Hall–Kier alpha value is -2.23. The SMILES string of the molecule is Cc1ccc(Cc2nc3c(F)cc(F)cc3[nH]2)cc1. The molecule has 19 heavy (non-hydrogen) atoms. The third-order valence-corrected chi connectivity index (χ3v) is 3.05. The summed E-state index contributed by atoms with van der Waals surface area (Å²) in [4.78, 5) is 7.12. The van der Waals surface area contributed by atoms with Crippen molar-refractivity contribution in [2.24, 2.45) is 0 Å². The highest BCUT2D eigenvalue weighted by atomic mass is 19.1. The molecule has 0 aliphatic heterocycles. The van der Waals surface area contributed by atoms with Crippen LogP contribution in [0, 0.1) is 18.6 Å². The number of aryl methyl sites for hydroxylation is 1. The molecule has 96 valence electrons. The van der Waals surface area contributed by atoms with Crippen LogP contribution in [0.5, 0.6) is 0 Å². The summed E-state index contributed by atoms with van der Waals surface area (Å²) < 4.78 is 26.6. The molecule has 0 fully saturated rings. The number of H-pyrrole nitrogens is 1. The molecule has 0 radical (unpaired) electrons. The smallest absolute Gasteiger partial charge is 0.153 e. The van der Waals surface area contributed by atoms with Gasteiger partial charge < -0.3 is 4.98 Å². The molecule has 2 aromatic carbocycles. The standard InChI is InChI=1S/C15H12F2N2/c1-9-2-4-10(5-3-9)6-14-18-13-8-11(16)7-12(17)15(13)19-14/h2-5,7-8H,6H2,1H3,(H,18,19). The van der Waals surface area contributed by atoms with E-state index in [-0.39, 0.29) is 5.52 Å². The Labute approximate surface area is 109 Å². The van der Waals surface area contributed by atoms with E-state index in [0.717, 1.165) is 11.6 Å². The van der Waals surface area contributed by atoms with E-state index in [2.05, 4.69) is 9.97 Å². The van der Waals surface area contributed by atoms with Gasteiger partial charge in [0, 0.05) is 12.5 Å². The van der Waals surface area contributed by atoms with Crippen LogP contribution < -0.4 is 0 Å². The summed E-state index contributed by atoms with van der Waals surface area (Å²) >= 11 is 0. The van der Waals surface area contributed by atoms with E-state index in [1.807, 2.05) is 31.2 Å². The van der Waals surface area contributed by atoms with Gasteiger partial charge in [0.05, 0.1) is 5.52 Å². The van der Waals surface area contributed by atoms with Crippen molar-refractivity contribution in [1.29, 1.82) is 0 Å². The van der Waals surface area contributed by atoms with Gasteiger partial charge in [-0.15, -0.1) is 0 Å². The lowest BCUT2D eigenvalue weighted by molar-refractivity contribution is 0.590. The average molecular weight is 258 g/mol. The predicted molar refractivity (Wildman–Crippen MR) is 70.0 cm³/mol. The van der Waals surface area contributed by atoms with Crippen molar-refractivity contribution >= 4 is 11.0 Å². The van der Waals surface area contributed by atoms with Gasteiger partial charge in [0.1, 0.15) is 17.2 Å². The molecule has 0 unspecified atom stereocenters. The van der Waals surface area contributed by atoms with Gasteiger partial charge >= 0.3 is 0 Å². The minimum absolute atomic E-state index is 0.184. The molecule has 1 aromatic heterocycles. The van der Waals surface area contributed by atoms with Crippen molar-refractivity contribution in [2.45, 2.75) is 13.3 Å². The van der Waals surface area contributed by atoms with Crippen LogP contribution in [0.2, 0.25) is 0 Å². The van der Waals surface area contributed by atoms with Gasteiger partial charge in [-0.1, -0.05) is 29.8 Å². The Morgan fingerprint density at radius 2 is 1.84 bits per heavy atom. The number of rotatable bonds is 2. The van der Waals surface area contributed by atoms with Crippen LogP contribution in [0.1, 0.15) is 17.0 Å². The van der Waals surface area contributed by atoms with Gasteiger partial charge in [0.2, 0.25) is 0 Å². The number of hydrogen-bond donors (Lipinski definition) is 1. The maximum atomic E-state index is 13.5. The van der Waals surface area contributed by atoms with E-state index in [1.54, 1.807) is 0 Å². The second-order valence-electron chi connectivity index (χ2n) is 4.63. The Morgan fingerprint density at radius 1 is 1.11 bits per heavy atom. The number of nitrogens with one attached hydrogen (secondary N) is 1. The molecule has 0 saturated heterocycles. The molecule has 3 rings (SSSR count). The molecule has 2 nitrogen and oxygen atoms in total. The fourth-order valence-corrected chi connectivity index (χ4v) is 2.08. The van der Waals surface area contributed by atoms with Crippen LogP contribution >= 0.6 is 0 Å². The van der Waals surface area contributed by atoms with Crippen molar-refractivity contribution in [3.63, 3.8) is 0 Å². The van der Waals surface area contributed by atoms with E-state index >= 15 is 0 Å². The monoisotopic (exact) mass is 258 g/mol. The minimum atomic E-state index is -0.638. The molecule has 4 heteroatoms. The van der Waals surface area contributed by atoms with Crippen molar-refractivity contribution in [2.75, 3.05) is 0 Å². The summed E-state index contributed by atoms with van der Waals surface area (Å²) in [5.41, 5.74) is 2.83. The molecular weight excluding hydrogens is 246 g/mol. The van der Waals surface area contributed by atoms with Crippen LogP contribution in [-0.2, 0) is 6.42 Å². The van der Waals surface area contributed by atoms with E-state index in [1.165, 1.54) is 11.6 Å². The second kappa shape index (κ2) is 4.46. The van der Waals surface area contributed by atoms with Gasteiger partial charge in [-0.25, -0.2) is 13.8 Å². The first-order chi connectivity index (χ1) is 9.11. The lowest BCUT2D eigenvalue weighted by Gasteiger charge is -1.98. The number of benzene rings is 2. The van der Waals surface area contributed by atoms with Crippen molar-refractivity contribution < 1.29 is 8.78 Å². The van der Waals surface area contributed by atoms with Crippen molar-refractivity contribution in [1.82, 2.24) is 9.97 Å². The van der Waals surface area contributed by atoms with Crippen molar-refractivity contribution in [3.8, 4) is 0 Å². The molecule has 1 heterocycles. The fraction of sp³-hybridized carbons (Fsp3) is 0.133. The normalized spacial score (nSPS) is 11.1. The Morgan fingerprint density at radius 3 is 2.58 bits per heavy atom. The number of fused-ring (bicyclic) bond motifs is 1. The maximum absolute atomic E-state index is 13.5. The molecule has 0 atom stereocenters. The molecule has 1 N–H and O–H groups in total. The number of imidazole rings is 1. The van der Waals surface area contributed by atoms with Gasteiger partial charge in [-0.3, -0.25) is 0 Å². The zero-order chi connectivity index (χ0) is 13.4. The summed E-state index contributed by atoms with van der Waals surface area (Å²) in [6.45, 7) is 2.02. The number of nitrogens with zero attached hydrogens (tertiary/aromatic N) is 1. The van der Waals surface area contributed by atoms with Crippen LogP contribution in [0.25, 0.3) is 11.0 Å². The summed E-state index contributed by atoms with van der Waals surface area (Å²) in [5, 5.41) is 0. The van der Waals surface area contributed by atoms with Crippen LogP contribution in [0.4, 0.5) is 8.78 Å². The fourth-order valence-electron chi connectivity index (χ4n) is 2.08. The third kappa shape index (κ3) is 2.34. The molecule has 0 amide bonds. The highest BCUT2D eigenvalue weighted by Gasteiger charge is 2.10. The van der Waals surface area contributed by atoms with Gasteiger partial charge in [0.15, 0.2) is 5.82 Å². The van der Waals surface area contributed by atoms with E-state index in [4.69, 9.17) is 0 Å². The summed E-state index contributed by atoms with van der Waals surface area (Å²) in [6, 6.07) is 10.1. The first-order valence-electron chi connectivity index (χ1n) is 6.01. The highest BCUT2D eigenvalue weighted by molar-refractivity contribution is 5.75. The average Bonchev–Trinajstić information content (AvgIpc) is 2.75. The van der Waals surface area contributed by atoms with E-state index in [9.17, 15) is 8.78 Å². The molecule has 0 bridgehead atoms. The highest BCUT2D eigenvalue weighted by Crippen LogP contribution is 2.18. The number of hydrogen-bond acceptors (Lipinski definition) is 1. The quantitative estimate of drug-likeness (QED) is 0.745. The van der Waals surface area contributed by atoms with E-state index < -0.39 is 11.6 Å². The molecule has 3 aromatic rings. The van der Waals surface area contributed by atoms with Crippen molar-refractivity contribution in [3.05, 3.63) is 65.0 Å². The van der Waals surface area contributed by atoms with Crippen LogP contribution in [-0.4, -0.2) is 9.97 Å². The molecular formula is C15H12F2N2. The third-order valence-electron chi connectivity index (χ3n) is 3.05. The number of aromatic amines is 1. The van der Waals surface area contributed by atoms with Crippen LogP contribution in [0.15, 0.2) is 36.4 Å². The first-order valence-corrected chi connectivity index (χ1v) is 6.01. The van der Waals surface area contributed by atoms with Gasteiger partial charge in [-0.05, 0) is 18.6 Å². The largest absolute Gasteiger partial charge is 0.342 e. The van der Waals surface area contributed by atoms with E-state index in [0.29, 0.717) is 17.8 Å². The summed E-state index contributed by atoms with van der Waals surface area (Å²) in [5.74, 6) is -0.611. The van der Waals surface area contributed by atoms with Gasteiger partial charge in [-0.2, -0.15) is 0 Å². The Bertz CT molecular complexity index is 730. The number of aromatic nitrogens is 2. The lowest BCUT2D eigenvalue weighted by Crippen LogP contribution is -1.90. The molecule has 0 spiro atoms. The molecule has 0 saturated carbocycles.